The van der Waals surface area contributed by atoms with Gasteiger partial charge in [0.1, 0.15) is 0 Å². The van der Waals surface area contributed by atoms with Gasteiger partial charge in [-0.15, -0.1) is 0 Å². The molecule has 3 rings (SSSR count). The van der Waals surface area contributed by atoms with E-state index in [1.165, 1.54) is 24.1 Å². The number of ether oxygens (including phenoxy) is 1. The van der Waals surface area contributed by atoms with Crippen molar-refractivity contribution in [3.05, 3.63) is 17.0 Å². The summed E-state index contributed by atoms with van der Waals surface area (Å²) in [7, 11) is 0. The third kappa shape index (κ3) is 5.32. The molecule has 0 spiro atoms. The number of amides is 1. The Morgan fingerprint density at radius 2 is 1.96 bits per heavy atom. The smallest absolute Gasteiger partial charge is 0.222 e. The zero-order chi connectivity index (χ0) is 19.4. The van der Waals surface area contributed by atoms with Crippen LogP contribution in [0.5, 0.6) is 0 Å². The first-order valence-corrected chi connectivity index (χ1v) is 10.6. The van der Waals surface area contributed by atoms with Gasteiger partial charge < -0.3 is 9.64 Å². The quantitative estimate of drug-likeness (QED) is 0.733. The Morgan fingerprint density at radius 1 is 1.22 bits per heavy atom. The summed E-state index contributed by atoms with van der Waals surface area (Å²) in [5, 5.41) is 4.67. The van der Waals surface area contributed by atoms with Crippen LogP contribution >= 0.6 is 0 Å². The second-order valence-corrected chi connectivity index (χ2v) is 8.54. The molecular formula is C21H36N4O2. The predicted octanol–water partition coefficient (Wildman–Crippen LogP) is 2.41. The molecule has 0 aliphatic carbocycles. The van der Waals surface area contributed by atoms with E-state index in [9.17, 15) is 4.79 Å². The number of carbonyl (C=O) groups excluding carboxylic acids is 1. The van der Waals surface area contributed by atoms with E-state index in [-0.39, 0.29) is 5.91 Å². The van der Waals surface area contributed by atoms with Gasteiger partial charge in [-0.05, 0) is 44.6 Å². The van der Waals surface area contributed by atoms with Crippen LogP contribution in [-0.4, -0.2) is 70.9 Å². The average molecular weight is 377 g/mol. The molecule has 3 heterocycles. The Kier molecular flexibility index (Phi) is 6.93. The van der Waals surface area contributed by atoms with Crippen molar-refractivity contribution < 1.29 is 9.53 Å². The number of hydrogen-bond donors (Lipinski definition) is 0. The molecule has 0 aromatic carbocycles. The Morgan fingerprint density at radius 3 is 2.59 bits per heavy atom. The number of hydrogen-bond acceptors (Lipinski definition) is 4. The van der Waals surface area contributed by atoms with Crippen LogP contribution in [0.1, 0.15) is 50.1 Å². The first-order chi connectivity index (χ1) is 12.9. The van der Waals surface area contributed by atoms with Gasteiger partial charge >= 0.3 is 0 Å². The maximum atomic E-state index is 12.7. The second-order valence-electron chi connectivity index (χ2n) is 8.54. The van der Waals surface area contributed by atoms with E-state index in [1.54, 1.807) is 0 Å². The summed E-state index contributed by atoms with van der Waals surface area (Å²) in [6.45, 7) is 15.1. The van der Waals surface area contributed by atoms with Crippen molar-refractivity contribution in [1.29, 1.82) is 0 Å². The zero-order valence-electron chi connectivity index (χ0n) is 17.5. The molecule has 1 atom stereocenters. The summed E-state index contributed by atoms with van der Waals surface area (Å²) in [4.78, 5) is 17.2. The molecule has 152 valence electrons. The van der Waals surface area contributed by atoms with Crippen molar-refractivity contribution in [2.24, 2.45) is 5.92 Å². The van der Waals surface area contributed by atoms with Gasteiger partial charge in [-0.1, -0.05) is 13.8 Å². The average Bonchev–Trinajstić information content (AvgIpc) is 3.22. The lowest BCUT2D eigenvalue weighted by Gasteiger charge is -2.35. The number of carbonyl (C=O) groups is 1. The topological polar surface area (TPSA) is 50.6 Å². The Hall–Kier alpha value is -1.40. The van der Waals surface area contributed by atoms with Gasteiger partial charge in [0, 0.05) is 58.0 Å². The summed E-state index contributed by atoms with van der Waals surface area (Å²) >= 11 is 0. The van der Waals surface area contributed by atoms with Gasteiger partial charge in [-0.2, -0.15) is 5.10 Å². The highest BCUT2D eigenvalue weighted by molar-refractivity contribution is 5.76. The normalized spacial score (nSPS) is 21.4. The second kappa shape index (κ2) is 9.20. The van der Waals surface area contributed by atoms with E-state index in [2.05, 4.69) is 42.4 Å². The van der Waals surface area contributed by atoms with Crippen molar-refractivity contribution in [1.82, 2.24) is 19.6 Å². The molecule has 2 aliphatic heterocycles. The number of aryl methyl sites for hydroxylation is 1. The van der Waals surface area contributed by atoms with Crippen molar-refractivity contribution in [2.75, 3.05) is 39.3 Å². The van der Waals surface area contributed by atoms with E-state index in [4.69, 9.17) is 4.74 Å². The van der Waals surface area contributed by atoms with Gasteiger partial charge in [0.25, 0.3) is 0 Å². The Bertz CT molecular complexity index is 626. The third-order valence-electron chi connectivity index (χ3n) is 5.87. The number of piperazine rings is 1. The fourth-order valence-electron chi connectivity index (χ4n) is 4.27. The lowest BCUT2D eigenvalue weighted by atomic mass is 10.1. The summed E-state index contributed by atoms with van der Waals surface area (Å²) in [5.74, 6) is 0.852. The molecule has 1 amide bonds. The van der Waals surface area contributed by atoms with Crippen molar-refractivity contribution in [2.45, 2.75) is 66.0 Å². The summed E-state index contributed by atoms with van der Waals surface area (Å²) in [5.41, 5.74) is 3.54. The van der Waals surface area contributed by atoms with Gasteiger partial charge in [-0.25, -0.2) is 0 Å². The predicted molar refractivity (Wildman–Crippen MR) is 107 cm³/mol. The molecule has 6 heteroatoms. The van der Waals surface area contributed by atoms with Crippen LogP contribution in [0, 0.1) is 19.8 Å². The molecule has 2 saturated heterocycles. The van der Waals surface area contributed by atoms with Crippen LogP contribution in [0.25, 0.3) is 0 Å². The molecular weight excluding hydrogens is 340 g/mol. The molecule has 0 radical (unpaired) electrons. The van der Waals surface area contributed by atoms with E-state index < -0.39 is 0 Å². The molecule has 1 aromatic rings. The van der Waals surface area contributed by atoms with Gasteiger partial charge in [0.15, 0.2) is 0 Å². The van der Waals surface area contributed by atoms with Crippen molar-refractivity contribution in [3.63, 3.8) is 0 Å². The minimum absolute atomic E-state index is 0.280. The van der Waals surface area contributed by atoms with Gasteiger partial charge in [-0.3, -0.25) is 14.4 Å². The largest absolute Gasteiger partial charge is 0.377 e. The first kappa shape index (κ1) is 20.3. The fourth-order valence-corrected chi connectivity index (χ4v) is 4.27. The number of rotatable bonds is 7. The van der Waals surface area contributed by atoms with E-state index in [0.717, 1.165) is 58.0 Å². The SMILES string of the molecule is Cc1nn(CC(C)C)c(C)c1CCC(=O)N1CCN(CC2CCCO2)CC1. The highest BCUT2D eigenvalue weighted by atomic mass is 16.5. The third-order valence-corrected chi connectivity index (χ3v) is 5.87. The molecule has 1 aromatic heterocycles. The van der Waals surface area contributed by atoms with Crippen LogP contribution in [0.3, 0.4) is 0 Å². The molecule has 0 bridgehead atoms. The molecule has 27 heavy (non-hydrogen) atoms. The Balaban J connectivity index is 1.45. The number of aromatic nitrogens is 2. The molecule has 1 unspecified atom stereocenters. The van der Waals surface area contributed by atoms with Crippen molar-refractivity contribution in [3.8, 4) is 0 Å². The highest BCUT2D eigenvalue weighted by Crippen LogP contribution is 2.18. The minimum Gasteiger partial charge on any atom is -0.377 e. The van der Waals surface area contributed by atoms with Crippen LogP contribution in [0.2, 0.25) is 0 Å². The van der Waals surface area contributed by atoms with Crippen LogP contribution in [0.4, 0.5) is 0 Å². The van der Waals surface area contributed by atoms with Crippen LogP contribution in [0.15, 0.2) is 0 Å². The van der Waals surface area contributed by atoms with E-state index >= 15 is 0 Å². The van der Waals surface area contributed by atoms with Crippen LogP contribution in [-0.2, 0) is 22.5 Å². The summed E-state index contributed by atoms with van der Waals surface area (Å²) < 4.78 is 7.84. The lowest BCUT2D eigenvalue weighted by Crippen LogP contribution is -2.50. The summed E-state index contributed by atoms with van der Waals surface area (Å²) in [6.07, 6.45) is 4.16. The maximum absolute atomic E-state index is 12.7. The molecule has 0 N–H and O–H groups in total. The highest BCUT2D eigenvalue weighted by Gasteiger charge is 2.25. The zero-order valence-corrected chi connectivity index (χ0v) is 17.5. The first-order valence-electron chi connectivity index (χ1n) is 10.6. The standard InChI is InChI=1S/C21H36N4O2/c1-16(2)14-25-18(4)20(17(3)22-25)7-8-21(26)24-11-9-23(10-12-24)15-19-6-5-13-27-19/h16,19H,5-15H2,1-4H3. The molecule has 0 saturated carbocycles. The summed E-state index contributed by atoms with van der Waals surface area (Å²) in [6, 6.07) is 0. The Labute approximate surface area is 163 Å². The van der Waals surface area contributed by atoms with Gasteiger partial charge in [0.2, 0.25) is 5.91 Å². The number of nitrogens with zero attached hydrogens (tertiary/aromatic N) is 4. The maximum Gasteiger partial charge on any atom is 0.222 e. The van der Waals surface area contributed by atoms with Crippen molar-refractivity contribution >= 4 is 5.91 Å². The molecule has 2 aliphatic rings. The lowest BCUT2D eigenvalue weighted by molar-refractivity contribution is -0.133. The van der Waals surface area contributed by atoms with Crippen LogP contribution < -0.4 is 0 Å². The minimum atomic E-state index is 0.280. The molecule has 2 fully saturated rings. The monoisotopic (exact) mass is 376 g/mol. The fraction of sp³-hybridized carbons (Fsp3) is 0.810. The van der Waals surface area contributed by atoms with E-state index in [0.29, 0.717) is 18.4 Å². The van der Waals surface area contributed by atoms with E-state index in [1.807, 2.05) is 4.90 Å². The molecule has 6 nitrogen and oxygen atoms in total. The van der Waals surface area contributed by atoms with Gasteiger partial charge in [0.05, 0.1) is 11.8 Å².